The molecular weight excluding hydrogens is 192 g/mol. The molecule has 1 aliphatic heterocycles. The Kier molecular flexibility index (Phi) is 2.88. The average Bonchev–Trinajstić information content (AvgIpc) is 2.50. The highest BCUT2D eigenvalue weighted by Crippen LogP contribution is 2.46. The number of rotatable bonds is 1. The van der Waals surface area contributed by atoms with Crippen molar-refractivity contribution in [3.63, 3.8) is 0 Å². The maximum Gasteiger partial charge on any atom is 0.114 e. The predicted octanol–water partition coefficient (Wildman–Crippen LogP) is 3.02. The number of ether oxygens (including phenoxy) is 1. The topological polar surface area (TPSA) is 9.23 Å². The molecule has 70 valence electrons. The van der Waals surface area contributed by atoms with E-state index in [-0.39, 0.29) is 4.93 Å². The Morgan fingerprint density at radius 1 is 1.33 bits per heavy atom. The SMILES string of the molecule is ClC[C@H]1CSC2(CCCCC2)O1. The van der Waals surface area contributed by atoms with Crippen molar-refractivity contribution in [3.05, 3.63) is 0 Å². The van der Waals surface area contributed by atoms with Crippen LogP contribution >= 0.6 is 23.4 Å². The van der Waals surface area contributed by atoms with Crippen LogP contribution in [0.5, 0.6) is 0 Å². The van der Waals surface area contributed by atoms with Gasteiger partial charge in [0.05, 0.1) is 6.10 Å². The molecule has 0 unspecified atom stereocenters. The Balaban J connectivity index is 1.94. The third kappa shape index (κ3) is 1.75. The summed E-state index contributed by atoms with van der Waals surface area (Å²) in [5.74, 6) is 1.76. The molecule has 0 bridgehead atoms. The number of thioether (sulfide) groups is 1. The second-order valence-corrected chi connectivity index (χ2v) is 5.35. The van der Waals surface area contributed by atoms with Crippen molar-refractivity contribution in [2.75, 3.05) is 11.6 Å². The first-order valence-corrected chi connectivity index (χ1v) is 6.24. The smallest absolute Gasteiger partial charge is 0.114 e. The third-order valence-electron chi connectivity index (χ3n) is 2.70. The fourth-order valence-electron chi connectivity index (χ4n) is 2.05. The monoisotopic (exact) mass is 206 g/mol. The van der Waals surface area contributed by atoms with Crippen LogP contribution in [-0.4, -0.2) is 22.7 Å². The third-order valence-corrected chi connectivity index (χ3v) is 4.61. The van der Waals surface area contributed by atoms with Gasteiger partial charge in [-0.15, -0.1) is 23.4 Å². The molecule has 0 aromatic rings. The lowest BCUT2D eigenvalue weighted by atomic mass is 9.97. The summed E-state index contributed by atoms with van der Waals surface area (Å²) in [6, 6.07) is 0. The fraction of sp³-hybridized carbons (Fsp3) is 1.00. The number of alkyl halides is 1. The van der Waals surface area contributed by atoms with Crippen molar-refractivity contribution in [2.45, 2.75) is 43.1 Å². The van der Waals surface area contributed by atoms with Gasteiger partial charge in [-0.2, -0.15) is 0 Å². The summed E-state index contributed by atoms with van der Waals surface area (Å²) < 4.78 is 5.97. The van der Waals surface area contributed by atoms with Gasteiger partial charge in [-0.25, -0.2) is 0 Å². The van der Waals surface area contributed by atoms with Crippen molar-refractivity contribution >= 4 is 23.4 Å². The summed E-state index contributed by atoms with van der Waals surface area (Å²) in [5, 5.41) is 0. The second kappa shape index (κ2) is 3.77. The lowest BCUT2D eigenvalue weighted by Crippen LogP contribution is -2.29. The zero-order chi connectivity index (χ0) is 8.44. The maximum absolute atomic E-state index is 5.97. The summed E-state index contributed by atoms with van der Waals surface area (Å²) >= 11 is 7.76. The quantitative estimate of drug-likeness (QED) is 0.610. The standard InChI is InChI=1S/C9H15ClOS/c10-6-8-7-12-9(11-8)4-2-1-3-5-9/h8H,1-7H2/t8-/m0/s1. The van der Waals surface area contributed by atoms with Crippen molar-refractivity contribution in [2.24, 2.45) is 0 Å². The van der Waals surface area contributed by atoms with Crippen LogP contribution in [0.3, 0.4) is 0 Å². The van der Waals surface area contributed by atoms with E-state index in [4.69, 9.17) is 16.3 Å². The van der Waals surface area contributed by atoms with Crippen LogP contribution in [-0.2, 0) is 4.74 Å². The zero-order valence-electron chi connectivity index (χ0n) is 7.22. The summed E-state index contributed by atoms with van der Waals surface area (Å²) in [7, 11) is 0. The second-order valence-electron chi connectivity index (χ2n) is 3.68. The molecular formula is C9H15ClOS. The minimum absolute atomic E-state index is 0.178. The van der Waals surface area contributed by atoms with E-state index >= 15 is 0 Å². The van der Waals surface area contributed by atoms with Gasteiger partial charge in [-0.3, -0.25) is 0 Å². The summed E-state index contributed by atoms with van der Waals surface area (Å²) in [4.78, 5) is 0.178. The Morgan fingerprint density at radius 3 is 2.67 bits per heavy atom. The zero-order valence-corrected chi connectivity index (χ0v) is 8.79. The van der Waals surface area contributed by atoms with Crippen molar-refractivity contribution in [1.82, 2.24) is 0 Å². The van der Waals surface area contributed by atoms with Gasteiger partial charge in [-0.1, -0.05) is 6.42 Å². The van der Waals surface area contributed by atoms with Gasteiger partial charge in [0.25, 0.3) is 0 Å². The molecule has 3 heteroatoms. The van der Waals surface area contributed by atoms with Crippen molar-refractivity contribution < 1.29 is 4.74 Å². The molecule has 0 aromatic heterocycles. The Bertz CT molecular complexity index is 157. The van der Waals surface area contributed by atoms with Crippen molar-refractivity contribution in [3.8, 4) is 0 Å². The van der Waals surface area contributed by atoms with Crippen LogP contribution in [0.1, 0.15) is 32.1 Å². The maximum atomic E-state index is 5.97. The number of hydrogen-bond acceptors (Lipinski definition) is 2. The van der Waals surface area contributed by atoms with Crippen LogP contribution in [0.25, 0.3) is 0 Å². The number of halogens is 1. The van der Waals surface area contributed by atoms with Crippen LogP contribution in [0, 0.1) is 0 Å². The first-order chi connectivity index (χ1) is 5.85. The van der Waals surface area contributed by atoms with E-state index in [1.807, 2.05) is 11.8 Å². The molecule has 2 rings (SSSR count). The van der Waals surface area contributed by atoms with Gasteiger partial charge in [0.1, 0.15) is 4.93 Å². The first kappa shape index (κ1) is 9.17. The molecule has 0 radical (unpaired) electrons. The van der Waals surface area contributed by atoms with Gasteiger partial charge in [0, 0.05) is 11.6 Å². The van der Waals surface area contributed by atoms with Crippen LogP contribution < -0.4 is 0 Å². The highest BCUT2D eigenvalue weighted by atomic mass is 35.5. The fourth-order valence-corrected chi connectivity index (χ4v) is 3.80. The summed E-state index contributed by atoms with van der Waals surface area (Å²) in [6.45, 7) is 0. The van der Waals surface area contributed by atoms with E-state index in [0.717, 1.165) is 5.75 Å². The molecule has 2 aliphatic rings. The molecule has 1 nitrogen and oxygen atoms in total. The van der Waals surface area contributed by atoms with Gasteiger partial charge in [0.15, 0.2) is 0 Å². The van der Waals surface area contributed by atoms with Gasteiger partial charge in [-0.05, 0) is 25.7 Å². The molecule has 1 heterocycles. The molecule has 0 amide bonds. The van der Waals surface area contributed by atoms with E-state index in [1.165, 1.54) is 32.1 Å². The highest BCUT2D eigenvalue weighted by Gasteiger charge is 2.41. The Morgan fingerprint density at radius 2 is 2.08 bits per heavy atom. The molecule has 1 atom stereocenters. The molecule has 1 spiro atoms. The van der Waals surface area contributed by atoms with Crippen LogP contribution in [0.4, 0.5) is 0 Å². The average molecular weight is 207 g/mol. The van der Waals surface area contributed by atoms with E-state index in [0.29, 0.717) is 12.0 Å². The van der Waals surface area contributed by atoms with E-state index in [9.17, 15) is 0 Å². The molecule has 0 aromatic carbocycles. The Labute approximate surface area is 83.2 Å². The highest BCUT2D eigenvalue weighted by molar-refractivity contribution is 8.00. The minimum Gasteiger partial charge on any atom is -0.359 e. The molecule has 0 N–H and O–H groups in total. The predicted molar refractivity (Wildman–Crippen MR) is 53.9 cm³/mol. The normalized spacial score (nSPS) is 34.2. The lowest BCUT2D eigenvalue weighted by molar-refractivity contribution is -0.0180. The van der Waals surface area contributed by atoms with Crippen molar-refractivity contribution in [1.29, 1.82) is 0 Å². The molecule has 1 saturated carbocycles. The summed E-state index contributed by atoms with van der Waals surface area (Å²) in [5.41, 5.74) is 0. The molecule has 12 heavy (non-hydrogen) atoms. The minimum atomic E-state index is 0.178. The van der Waals surface area contributed by atoms with Gasteiger partial charge in [0.2, 0.25) is 0 Å². The van der Waals surface area contributed by atoms with Gasteiger partial charge < -0.3 is 4.74 Å². The first-order valence-electron chi connectivity index (χ1n) is 4.72. The largest absolute Gasteiger partial charge is 0.359 e. The van der Waals surface area contributed by atoms with E-state index in [1.54, 1.807) is 0 Å². The Hall–Kier alpha value is 0.600. The summed E-state index contributed by atoms with van der Waals surface area (Å²) in [6.07, 6.45) is 6.85. The van der Waals surface area contributed by atoms with Gasteiger partial charge >= 0.3 is 0 Å². The van der Waals surface area contributed by atoms with Crippen LogP contribution in [0.15, 0.2) is 0 Å². The lowest BCUT2D eigenvalue weighted by Gasteiger charge is -2.32. The molecule has 1 saturated heterocycles. The van der Waals surface area contributed by atoms with E-state index < -0.39 is 0 Å². The van der Waals surface area contributed by atoms with E-state index in [2.05, 4.69) is 0 Å². The molecule has 2 fully saturated rings. The molecule has 1 aliphatic carbocycles. The van der Waals surface area contributed by atoms with Crippen LogP contribution in [0.2, 0.25) is 0 Å². The number of hydrogen-bond donors (Lipinski definition) is 0.